The van der Waals surface area contributed by atoms with Crippen LogP contribution in [0.1, 0.15) is 29.5 Å². The van der Waals surface area contributed by atoms with Crippen LogP contribution in [0.5, 0.6) is 5.75 Å². The molecule has 1 amide bonds. The maximum atomic E-state index is 13.8. The van der Waals surface area contributed by atoms with Crippen molar-refractivity contribution in [1.82, 2.24) is 14.3 Å². The van der Waals surface area contributed by atoms with E-state index in [1.807, 2.05) is 48.5 Å². The highest BCUT2D eigenvalue weighted by atomic mass is 32.2. The first kappa shape index (κ1) is 27.2. The highest BCUT2D eigenvalue weighted by Crippen LogP contribution is 2.35. The Bertz CT molecular complexity index is 1680. The summed E-state index contributed by atoms with van der Waals surface area (Å²) < 4.78 is 7.24. The number of benzene rings is 2. The Hall–Kier alpha value is -3.95. The van der Waals surface area contributed by atoms with Crippen LogP contribution in [0.15, 0.2) is 88.7 Å². The van der Waals surface area contributed by atoms with E-state index in [4.69, 9.17) is 21.9 Å². The summed E-state index contributed by atoms with van der Waals surface area (Å²) in [6, 6.07) is 23.7. The molecule has 0 spiro atoms. The molecule has 2 saturated heterocycles. The van der Waals surface area contributed by atoms with Crippen molar-refractivity contribution in [1.29, 1.82) is 0 Å². The molecule has 0 saturated carbocycles. The average molecular weight is 583 g/mol. The standard InChI is InChI=1S/C32H30N4O3S2/c1-39-25-12-10-24(11-13-25)21-36-31(38)27(41-32(36)40)20-26-29(33-28-9-5-6-16-35(28)30(26)37)34-17-14-23(15-18-34)19-22-7-3-2-4-8-22/h2-13,16,20,23H,14-15,17-19,21H2,1H3. The summed E-state index contributed by atoms with van der Waals surface area (Å²) in [7, 11) is 1.62. The molecule has 4 aromatic rings. The lowest BCUT2D eigenvalue weighted by atomic mass is 9.90. The number of nitrogens with zero attached hydrogens (tertiary/aromatic N) is 4. The van der Waals surface area contributed by atoms with E-state index in [0.717, 1.165) is 43.7 Å². The third-order valence-electron chi connectivity index (χ3n) is 7.68. The minimum absolute atomic E-state index is 0.197. The zero-order chi connectivity index (χ0) is 28.3. The number of anilines is 1. The first-order chi connectivity index (χ1) is 20.0. The second-order valence-corrected chi connectivity index (χ2v) is 12.0. The number of carbonyl (C=O) groups is 1. The molecule has 2 aromatic carbocycles. The van der Waals surface area contributed by atoms with Crippen molar-refractivity contribution in [3.05, 3.63) is 111 Å². The van der Waals surface area contributed by atoms with Gasteiger partial charge in [0.15, 0.2) is 0 Å². The minimum Gasteiger partial charge on any atom is -0.497 e. The van der Waals surface area contributed by atoms with Gasteiger partial charge in [0.2, 0.25) is 0 Å². The molecular weight excluding hydrogens is 553 g/mol. The third kappa shape index (κ3) is 5.78. The van der Waals surface area contributed by atoms with E-state index in [9.17, 15) is 9.59 Å². The van der Waals surface area contributed by atoms with Gasteiger partial charge >= 0.3 is 0 Å². The molecule has 41 heavy (non-hydrogen) atoms. The minimum atomic E-state index is -0.208. The number of hydrogen-bond acceptors (Lipinski definition) is 7. The van der Waals surface area contributed by atoms with Crippen molar-refractivity contribution < 1.29 is 9.53 Å². The molecule has 0 N–H and O–H groups in total. The maximum Gasteiger partial charge on any atom is 0.267 e. The van der Waals surface area contributed by atoms with E-state index in [1.165, 1.54) is 21.7 Å². The summed E-state index contributed by atoms with van der Waals surface area (Å²) in [5, 5.41) is 0. The van der Waals surface area contributed by atoms with Crippen molar-refractivity contribution in [3.63, 3.8) is 0 Å². The number of hydrogen-bond donors (Lipinski definition) is 0. The smallest absolute Gasteiger partial charge is 0.267 e. The Morgan fingerprint density at radius 3 is 2.44 bits per heavy atom. The zero-order valence-electron chi connectivity index (χ0n) is 22.7. The van der Waals surface area contributed by atoms with Gasteiger partial charge in [0, 0.05) is 19.3 Å². The van der Waals surface area contributed by atoms with E-state index < -0.39 is 0 Å². The van der Waals surface area contributed by atoms with Crippen LogP contribution in [0.25, 0.3) is 11.7 Å². The lowest BCUT2D eigenvalue weighted by Crippen LogP contribution is -2.37. The van der Waals surface area contributed by atoms with Crippen molar-refractivity contribution >= 4 is 51.7 Å². The molecule has 2 fully saturated rings. The first-order valence-electron chi connectivity index (χ1n) is 13.7. The number of fused-ring (bicyclic) bond motifs is 1. The van der Waals surface area contributed by atoms with Crippen LogP contribution in [0.4, 0.5) is 5.82 Å². The van der Waals surface area contributed by atoms with Crippen LogP contribution >= 0.6 is 24.0 Å². The molecule has 0 unspecified atom stereocenters. The lowest BCUT2D eigenvalue weighted by molar-refractivity contribution is -0.122. The number of rotatable bonds is 7. The van der Waals surface area contributed by atoms with Gasteiger partial charge in [0.05, 0.1) is 24.1 Å². The summed E-state index contributed by atoms with van der Waals surface area (Å²) in [5.41, 5.74) is 3.10. The van der Waals surface area contributed by atoms with E-state index in [-0.39, 0.29) is 11.5 Å². The fraction of sp³-hybridized carbons (Fsp3) is 0.250. The number of aromatic nitrogens is 2. The summed E-state index contributed by atoms with van der Waals surface area (Å²) in [5.74, 6) is 1.74. The number of pyridine rings is 1. The van der Waals surface area contributed by atoms with Gasteiger partial charge in [0.25, 0.3) is 11.5 Å². The lowest BCUT2D eigenvalue weighted by Gasteiger charge is -2.33. The van der Waals surface area contributed by atoms with E-state index in [1.54, 1.807) is 24.3 Å². The van der Waals surface area contributed by atoms with Crippen molar-refractivity contribution in [3.8, 4) is 5.75 Å². The van der Waals surface area contributed by atoms with E-state index in [0.29, 0.717) is 38.7 Å². The quantitative estimate of drug-likeness (QED) is 0.209. The predicted molar refractivity (Wildman–Crippen MR) is 168 cm³/mol. The molecular formula is C32H30N4O3S2. The maximum absolute atomic E-state index is 13.8. The SMILES string of the molecule is COc1ccc(CN2C(=O)C(=Cc3c(N4CCC(Cc5ccccc5)CC4)nc4ccccn4c3=O)SC2=S)cc1. The highest BCUT2D eigenvalue weighted by molar-refractivity contribution is 8.26. The fourth-order valence-electron chi connectivity index (χ4n) is 5.44. The fourth-order valence-corrected chi connectivity index (χ4v) is 6.67. The van der Waals surface area contributed by atoms with Crippen LogP contribution in [0, 0.1) is 5.92 Å². The first-order valence-corrected chi connectivity index (χ1v) is 14.9. The van der Waals surface area contributed by atoms with E-state index >= 15 is 0 Å². The van der Waals surface area contributed by atoms with Crippen LogP contribution in [0.2, 0.25) is 0 Å². The van der Waals surface area contributed by atoms with Crippen molar-refractivity contribution in [2.45, 2.75) is 25.8 Å². The molecule has 0 atom stereocenters. The molecule has 9 heteroatoms. The van der Waals surface area contributed by atoms with Crippen molar-refractivity contribution in [2.75, 3.05) is 25.1 Å². The Kier molecular flexibility index (Phi) is 7.89. The molecule has 0 radical (unpaired) electrons. The van der Waals surface area contributed by atoms with Crippen LogP contribution in [-0.2, 0) is 17.8 Å². The molecule has 208 valence electrons. The Morgan fingerprint density at radius 2 is 1.71 bits per heavy atom. The summed E-state index contributed by atoms with van der Waals surface area (Å²) in [6.45, 7) is 1.95. The summed E-state index contributed by atoms with van der Waals surface area (Å²) in [6.07, 6.45) is 6.47. The van der Waals surface area contributed by atoms with Gasteiger partial charge in [-0.2, -0.15) is 0 Å². The second kappa shape index (κ2) is 11.9. The molecule has 7 nitrogen and oxygen atoms in total. The highest BCUT2D eigenvalue weighted by Gasteiger charge is 2.33. The van der Waals surface area contributed by atoms with Crippen LogP contribution in [0.3, 0.4) is 0 Å². The Morgan fingerprint density at radius 1 is 0.976 bits per heavy atom. The number of ether oxygens (including phenoxy) is 1. The van der Waals surface area contributed by atoms with Gasteiger partial charge in [-0.15, -0.1) is 0 Å². The largest absolute Gasteiger partial charge is 0.497 e. The average Bonchev–Trinajstić information content (AvgIpc) is 3.27. The van der Waals surface area contributed by atoms with Crippen molar-refractivity contribution in [2.24, 2.45) is 5.92 Å². The number of piperidine rings is 1. The molecule has 6 rings (SSSR count). The van der Waals surface area contributed by atoms with E-state index in [2.05, 4.69) is 29.2 Å². The number of carbonyl (C=O) groups excluding carboxylic acids is 1. The summed E-state index contributed by atoms with van der Waals surface area (Å²) >= 11 is 6.81. The molecule has 0 bridgehead atoms. The van der Waals surface area contributed by atoms with Gasteiger partial charge in [-0.25, -0.2) is 4.98 Å². The van der Waals surface area contributed by atoms with Gasteiger partial charge in [0.1, 0.15) is 21.5 Å². The molecule has 2 aromatic heterocycles. The number of methoxy groups -OCH3 is 1. The zero-order valence-corrected chi connectivity index (χ0v) is 24.4. The summed E-state index contributed by atoms with van der Waals surface area (Å²) in [4.78, 5) is 36.4. The molecule has 2 aliphatic rings. The Labute approximate surface area is 248 Å². The number of thioether (sulfide) groups is 1. The second-order valence-electron chi connectivity index (χ2n) is 10.3. The van der Waals surface area contributed by atoms with Crippen LogP contribution < -0.4 is 15.2 Å². The number of amides is 1. The van der Waals surface area contributed by atoms with Gasteiger partial charge < -0.3 is 9.64 Å². The normalized spacial score (nSPS) is 17.1. The Balaban J connectivity index is 1.28. The van der Waals surface area contributed by atoms with Crippen LogP contribution in [-0.4, -0.2) is 44.7 Å². The number of thiocarbonyl (C=S) groups is 1. The topological polar surface area (TPSA) is 67.2 Å². The molecule has 2 aliphatic heterocycles. The predicted octanol–water partition coefficient (Wildman–Crippen LogP) is 5.56. The van der Waals surface area contributed by atoms with Gasteiger partial charge in [-0.3, -0.25) is 18.9 Å². The molecule has 0 aliphatic carbocycles. The monoisotopic (exact) mass is 582 g/mol. The van der Waals surface area contributed by atoms with Gasteiger partial charge in [-0.1, -0.05) is 72.5 Å². The molecule has 4 heterocycles. The third-order valence-corrected chi connectivity index (χ3v) is 9.06. The van der Waals surface area contributed by atoms with Gasteiger partial charge in [-0.05, 0) is 66.6 Å².